The maximum absolute atomic E-state index is 13.5. The second-order valence-electron chi connectivity index (χ2n) is 10.3. The molecule has 0 heterocycles. The van der Waals surface area contributed by atoms with Crippen LogP contribution in [0.5, 0.6) is 0 Å². The molecule has 3 fully saturated rings. The van der Waals surface area contributed by atoms with Crippen LogP contribution in [0.25, 0.3) is 0 Å². The van der Waals surface area contributed by atoms with Crippen molar-refractivity contribution in [2.24, 2.45) is 28.6 Å². The van der Waals surface area contributed by atoms with Gasteiger partial charge in [0.25, 0.3) is 0 Å². The fourth-order valence-electron chi connectivity index (χ4n) is 7.62. The van der Waals surface area contributed by atoms with E-state index < -0.39 is 5.60 Å². The fraction of sp³-hybridized carbons (Fsp3) is 0.792. The molecule has 166 valence electrons. The van der Waals surface area contributed by atoms with Crippen molar-refractivity contribution in [1.29, 1.82) is 0 Å². The van der Waals surface area contributed by atoms with Crippen LogP contribution in [0.3, 0.4) is 0 Å². The molecule has 4 rings (SSSR count). The molecular formula is C24H32I2O4. The Kier molecular flexibility index (Phi) is 6.26. The standard InChI is InChI=1S/C24H32I2O4/c1-4-19(28)30-24(20(29)21(25)26)12-9-18-16-6-5-14-13-15(27)7-10-22(14,2)17(16)8-11-23(18,24)3/h13,16-18,21H,4-12H2,1-3H3/t16-,17+,18+,22+,23+,24+/m1/s1. The summed E-state index contributed by atoms with van der Waals surface area (Å²) in [4.78, 5) is 38.0. The van der Waals surface area contributed by atoms with Crippen LogP contribution >= 0.6 is 45.2 Å². The lowest BCUT2D eigenvalue weighted by Gasteiger charge is -2.59. The van der Waals surface area contributed by atoms with Gasteiger partial charge in [0.05, 0.1) is 0 Å². The van der Waals surface area contributed by atoms with Gasteiger partial charge in [-0.1, -0.05) is 71.5 Å². The summed E-state index contributed by atoms with van der Waals surface area (Å²) in [6.07, 6.45) is 9.51. The van der Waals surface area contributed by atoms with E-state index >= 15 is 0 Å². The minimum Gasteiger partial charge on any atom is -0.450 e. The van der Waals surface area contributed by atoms with E-state index in [-0.39, 0.29) is 30.3 Å². The van der Waals surface area contributed by atoms with Gasteiger partial charge in [-0.25, -0.2) is 0 Å². The molecule has 30 heavy (non-hydrogen) atoms. The fourth-order valence-corrected chi connectivity index (χ4v) is 8.63. The maximum atomic E-state index is 13.5. The van der Waals surface area contributed by atoms with Crippen molar-refractivity contribution in [1.82, 2.24) is 0 Å². The average molecular weight is 638 g/mol. The monoisotopic (exact) mass is 638 g/mol. The molecular weight excluding hydrogens is 606 g/mol. The Bertz CT molecular complexity index is 805. The van der Waals surface area contributed by atoms with E-state index in [1.807, 2.05) is 6.08 Å². The molecule has 0 N–H and O–H groups in total. The largest absolute Gasteiger partial charge is 0.450 e. The summed E-state index contributed by atoms with van der Waals surface area (Å²) in [6, 6.07) is 0. The first-order valence-electron chi connectivity index (χ1n) is 11.4. The van der Waals surface area contributed by atoms with Gasteiger partial charge in [0.15, 0.2) is 17.2 Å². The number of rotatable bonds is 4. The van der Waals surface area contributed by atoms with Gasteiger partial charge in [-0.15, -0.1) is 0 Å². The van der Waals surface area contributed by atoms with Gasteiger partial charge in [-0.3, -0.25) is 14.4 Å². The molecule has 6 atom stereocenters. The molecule has 3 saturated carbocycles. The Morgan fingerprint density at radius 3 is 2.47 bits per heavy atom. The molecule has 0 aromatic heterocycles. The number of ether oxygens (including phenoxy) is 1. The molecule has 0 radical (unpaired) electrons. The van der Waals surface area contributed by atoms with Gasteiger partial charge in [-0.05, 0) is 74.2 Å². The highest BCUT2D eigenvalue weighted by atomic mass is 127. The van der Waals surface area contributed by atoms with Crippen LogP contribution in [0.15, 0.2) is 11.6 Å². The Morgan fingerprint density at radius 2 is 1.80 bits per heavy atom. The maximum Gasteiger partial charge on any atom is 0.306 e. The highest BCUT2D eigenvalue weighted by Gasteiger charge is 2.69. The first kappa shape index (κ1) is 23.2. The summed E-state index contributed by atoms with van der Waals surface area (Å²) >= 11 is 4.34. The minimum absolute atomic E-state index is 0.0832. The normalized spacial score (nSPS) is 42.8. The predicted octanol–water partition coefficient (Wildman–Crippen LogP) is 5.98. The van der Waals surface area contributed by atoms with E-state index in [9.17, 15) is 14.4 Å². The van der Waals surface area contributed by atoms with Crippen molar-refractivity contribution in [3.05, 3.63) is 11.6 Å². The number of halogens is 2. The number of carbonyl (C=O) groups excluding carboxylic acids is 3. The number of hydrogen-bond acceptors (Lipinski definition) is 4. The number of allylic oxidation sites excluding steroid dienone is 1. The number of esters is 1. The topological polar surface area (TPSA) is 60.4 Å². The van der Waals surface area contributed by atoms with Crippen LogP contribution < -0.4 is 0 Å². The van der Waals surface area contributed by atoms with Crippen LogP contribution in [-0.4, -0.2) is 25.1 Å². The highest BCUT2D eigenvalue weighted by Crippen LogP contribution is 2.68. The molecule has 4 aliphatic carbocycles. The van der Waals surface area contributed by atoms with Gasteiger partial charge < -0.3 is 4.74 Å². The van der Waals surface area contributed by atoms with Gasteiger partial charge >= 0.3 is 5.97 Å². The van der Waals surface area contributed by atoms with Crippen molar-refractivity contribution in [2.45, 2.75) is 86.1 Å². The molecule has 4 aliphatic rings. The number of Topliss-reactive ketones (excluding diaryl/α,β-unsaturated/α-hetero) is 1. The van der Waals surface area contributed by atoms with Crippen LogP contribution in [0.1, 0.15) is 78.6 Å². The zero-order valence-corrected chi connectivity index (χ0v) is 22.5. The van der Waals surface area contributed by atoms with Crippen LogP contribution in [0.2, 0.25) is 0 Å². The minimum atomic E-state index is -0.984. The first-order valence-corrected chi connectivity index (χ1v) is 13.9. The molecule has 0 saturated heterocycles. The van der Waals surface area contributed by atoms with E-state index in [1.54, 1.807) is 6.92 Å². The SMILES string of the molecule is CCC(=O)O[C@]1(C(=O)C(I)I)CC[C@H]2[C@@H]3CCC4=CC(=O)CC[C@]4(C)[C@H]3CC[C@@]21C. The Morgan fingerprint density at radius 1 is 1.10 bits per heavy atom. The van der Waals surface area contributed by atoms with Crippen LogP contribution in [0.4, 0.5) is 0 Å². The summed E-state index contributed by atoms with van der Waals surface area (Å²) in [7, 11) is 0. The second-order valence-corrected chi connectivity index (χ2v) is 15.2. The summed E-state index contributed by atoms with van der Waals surface area (Å²) < 4.78 is 5.91. The number of alkyl halides is 2. The lowest BCUT2D eigenvalue weighted by Crippen LogP contribution is -2.60. The molecule has 0 aliphatic heterocycles. The molecule has 0 spiro atoms. The molecule has 0 bridgehead atoms. The lowest BCUT2D eigenvalue weighted by molar-refractivity contribution is -0.188. The molecule has 6 heteroatoms. The Balaban J connectivity index is 1.71. The third kappa shape index (κ3) is 3.27. The van der Waals surface area contributed by atoms with Crippen LogP contribution in [0, 0.1) is 28.6 Å². The van der Waals surface area contributed by atoms with E-state index in [2.05, 4.69) is 59.0 Å². The summed E-state index contributed by atoms with van der Waals surface area (Å²) in [5.74, 6) is 1.61. The van der Waals surface area contributed by atoms with E-state index in [0.29, 0.717) is 37.0 Å². The van der Waals surface area contributed by atoms with Gasteiger partial charge in [-0.2, -0.15) is 0 Å². The number of hydrogen-bond donors (Lipinski definition) is 0. The van der Waals surface area contributed by atoms with Crippen molar-refractivity contribution < 1.29 is 19.1 Å². The van der Waals surface area contributed by atoms with Crippen molar-refractivity contribution in [2.75, 3.05) is 0 Å². The van der Waals surface area contributed by atoms with E-state index in [0.717, 1.165) is 38.5 Å². The molecule has 0 aromatic rings. The van der Waals surface area contributed by atoms with Crippen LogP contribution in [-0.2, 0) is 19.1 Å². The Labute approximate surface area is 207 Å². The van der Waals surface area contributed by atoms with Crippen molar-refractivity contribution in [3.63, 3.8) is 0 Å². The number of fused-ring (bicyclic) bond motifs is 5. The predicted molar refractivity (Wildman–Crippen MR) is 133 cm³/mol. The third-order valence-electron chi connectivity index (χ3n) is 9.25. The van der Waals surface area contributed by atoms with Crippen molar-refractivity contribution in [3.8, 4) is 0 Å². The summed E-state index contributed by atoms with van der Waals surface area (Å²) in [5, 5.41) is 0. The molecule has 4 nitrogen and oxygen atoms in total. The molecule has 0 aromatic carbocycles. The van der Waals surface area contributed by atoms with Gasteiger partial charge in [0, 0.05) is 18.3 Å². The third-order valence-corrected chi connectivity index (χ3v) is 10.4. The molecule has 0 unspecified atom stereocenters. The number of carbonyl (C=O) groups is 3. The highest BCUT2D eigenvalue weighted by molar-refractivity contribution is 14.2. The Hall–Kier alpha value is 0.01000. The van der Waals surface area contributed by atoms with Crippen molar-refractivity contribution >= 4 is 62.7 Å². The first-order chi connectivity index (χ1) is 14.1. The van der Waals surface area contributed by atoms with E-state index in [4.69, 9.17) is 4.74 Å². The average Bonchev–Trinajstić information content (AvgIpc) is 3.00. The van der Waals surface area contributed by atoms with Gasteiger partial charge in [0.1, 0.15) is 1.93 Å². The van der Waals surface area contributed by atoms with E-state index in [1.165, 1.54) is 5.57 Å². The quantitative estimate of drug-likeness (QED) is 0.216. The van der Waals surface area contributed by atoms with Gasteiger partial charge in [0.2, 0.25) is 0 Å². The summed E-state index contributed by atoms with van der Waals surface area (Å²) in [5.41, 5.74) is 0.193. The molecule has 0 amide bonds. The smallest absolute Gasteiger partial charge is 0.306 e. The zero-order valence-electron chi connectivity index (χ0n) is 18.1. The zero-order chi connectivity index (χ0) is 21.9. The lowest BCUT2D eigenvalue weighted by atomic mass is 9.46. The number of ketones is 2. The summed E-state index contributed by atoms with van der Waals surface area (Å²) in [6.45, 7) is 6.41. The second kappa shape index (κ2) is 8.10.